The second-order valence-electron chi connectivity index (χ2n) is 4.32. The van der Waals surface area contributed by atoms with Crippen molar-refractivity contribution in [1.29, 1.82) is 0 Å². The van der Waals surface area contributed by atoms with Crippen LogP contribution in [0, 0.1) is 0 Å². The minimum absolute atomic E-state index is 0.148. The molecule has 96 valence electrons. The normalized spacial score (nSPS) is 15.9. The van der Waals surface area contributed by atoms with Crippen molar-refractivity contribution >= 4 is 28.1 Å². The van der Waals surface area contributed by atoms with E-state index in [4.69, 9.17) is 4.74 Å². The van der Waals surface area contributed by atoms with Crippen LogP contribution in [-0.2, 0) is 4.79 Å². The summed E-state index contributed by atoms with van der Waals surface area (Å²) in [7, 11) is 0. The molecule has 5 heteroatoms. The van der Waals surface area contributed by atoms with Crippen LogP contribution in [0.5, 0.6) is 5.75 Å². The summed E-state index contributed by atoms with van der Waals surface area (Å²) in [6.07, 6.45) is 2.16. The zero-order chi connectivity index (χ0) is 13.1. The summed E-state index contributed by atoms with van der Waals surface area (Å²) in [5.74, 6) is 0.260. The number of ether oxygens (including phenoxy) is 1. The molecule has 1 aliphatic carbocycles. The predicted octanol–water partition coefficient (Wildman–Crippen LogP) is 2.31. The molecule has 18 heavy (non-hydrogen) atoms. The van der Waals surface area contributed by atoms with E-state index < -0.39 is 6.10 Å². The Hall–Kier alpha value is -1.36. The van der Waals surface area contributed by atoms with Crippen molar-refractivity contribution in [2.45, 2.75) is 31.9 Å². The first-order chi connectivity index (χ1) is 8.61. The highest BCUT2D eigenvalue weighted by Crippen LogP contribution is 2.29. The molecule has 1 N–H and O–H groups in total. The van der Waals surface area contributed by atoms with Crippen molar-refractivity contribution in [2.24, 2.45) is 0 Å². The lowest BCUT2D eigenvalue weighted by Crippen LogP contribution is -2.37. The molecule has 1 amide bonds. The maximum Gasteiger partial charge on any atom is 0.260 e. The third kappa shape index (κ3) is 3.10. The highest BCUT2D eigenvalue weighted by molar-refractivity contribution is 9.10. The van der Waals surface area contributed by atoms with Crippen molar-refractivity contribution < 1.29 is 14.3 Å². The van der Waals surface area contributed by atoms with Gasteiger partial charge in [-0.15, -0.1) is 0 Å². The van der Waals surface area contributed by atoms with E-state index in [0.717, 1.165) is 12.8 Å². The Balaban J connectivity index is 2.07. The fourth-order valence-corrected chi connectivity index (χ4v) is 1.99. The average Bonchev–Trinajstić information content (AvgIpc) is 3.15. The highest BCUT2D eigenvalue weighted by Gasteiger charge is 2.26. The van der Waals surface area contributed by atoms with Crippen LogP contribution in [0.1, 0.15) is 30.1 Å². The number of benzene rings is 1. The first-order valence-electron chi connectivity index (χ1n) is 5.82. The second kappa shape index (κ2) is 5.52. The molecule has 4 nitrogen and oxygen atoms in total. The zero-order valence-electron chi connectivity index (χ0n) is 9.98. The van der Waals surface area contributed by atoms with E-state index in [1.165, 1.54) is 0 Å². The van der Waals surface area contributed by atoms with Gasteiger partial charge in [-0.05, 0) is 47.8 Å². The van der Waals surface area contributed by atoms with Gasteiger partial charge in [0.1, 0.15) is 5.75 Å². The zero-order valence-corrected chi connectivity index (χ0v) is 11.6. The molecule has 1 aliphatic rings. The Kier molecular flexibility index (Phi) is 4.01. The molecule has 1 aromatic carbocycles. The average molecular weight is 312 g/mol. The van der Waals surface area contributed by atoms with Crippen LogP contribution < -0.4 is 10.1 Å². The van der Waals surface area contributed by atoms with Crippen LogP contribution >= 0.6 is 15.9 Å². The Bertz CT molecular complexity index is 471. The van der Waals surface area contributed by atoms with Crippen molar-refractivity contribution in [3.8, 4) is 5.75 Å². The summed E-state index contributed by atoms with van der Waals surface area (Å²) in [5, 5.41) is 2.86. The van der Waals surface area contributed by atoms with E-state index in [2.05, 4.69) is 21.2 Å². The van der Waals surface area contributed by atoms with Gasteiger partial charge < -0.3 is 10.1 Å². The molecule has 1 atom stereocenters. The Morgan fingerprint density at radius 2 is 2.28 bits per heavy atom. The standard InChI is InChI=1S/C13H14BrNO3/c1-8(13(17)15-10-5-6-10)18-12-9(7-16)3-2-4-11(12)14/h2-4,7-8,10H,5-6H2,1H3,(H,15,17). The third-order valence-corrected chi connectivity index (χ3v) is 3.34. The Morgan fingerprint density at radius 3 is 2.89 bits per heavy atom. The summed E-state index contributed by atoms with van der Waals surface area (Å²) in [4.78, 5) is 22.7. The minimum Gasteiger partial charge on any atom is -0.479 e. The number of carbonyl (C=O) groups is 2. The van der Waals surface area contributed by atoms with Gasteiger partial charge in [-0.25, -0.2) is 0 Å². The number of hydrogen-bond donors (Lipinski definition) is 1. The van der Waals surface area contributed by atoms with Gasteiger partial charge in [0.25, 0.3) is 5.91 Å². The second-order valence-corrected chi connectivity index (χ2v) is 5.17. The van der Waals surface area contributed by atoms with Gasteiger partial charge in [0.2, 0.25) is 0 Å². The molecule has 0 aromatic heterocycles. The van der Waals surface area contributed by atoms with Crippen LogP contribution in [-0.4, -0.2) is 24.3 Å². The molecule has 0 radical (unpaired) electrons. The van der Waals surface area contributed by atoms with E-state index in [1.807, 2.05) is 0 Å². The first kappa shape index (κ1) is 13.1. The van der Waals surface area contributed by atoms with Crippen LogP contribution in [0.25, 0.3) is 0 Å². The quantitative estimate of drug-likeness (QED) is 0.849. The molecule has 0 aliphatic heterocycles. The molecule has 1 aromatic rings. The van der Waals surface area contributed by atoms with Gasteiger partial charge in [-0.3, -0.25) is 9.59 Å². The molecule has 1 fully saturated rings. The number of nitrogens with one attached hydrogen (secondary N) is 1. The third-order valence-electron chi connectivity index (χ3n) is 2.71. The molecular formula is C13H14BrNO3. The predicted molar refractivity (Wildman–Crippen MR) is 70.8 cm³/mol. The monoisotopic (exact) mass is 311 g/mol. The first-order valence-corrected chi connectivity index (χ1v) is 6.62. The van der Waals surface area contributed by atoms with Crippen molar-refractivity contribution in [1.82, 2.24) is 5.32 Å². The van der Waals surface area contributed by atoms with Crippen molar-refractivity contribution in [3.05, 3.63) is 28.2 Å². The number of amides is 1. The number of halogens is 1. The molecule has 0 spiro atoms. The summed E-state index contributed by atoms with van der Waals surface area (Å²) < 4.78 is 6.23. The van der Waals surface area contributed by atoms with E-state index in [0.29, 0.717) is 28.1 Å². The number of aldehydes is 1. The van der Waals surface area contributed by atoms with Crippen molar-refractivity contribution in [2.75, 3.05) is 0 Å². The molecule has 2 rings (SSSR count). The molecule has 1 saturated carbocycles. The fraction of sp³-hybridized carbons (Fsp3) is 0.385. The number of hydrogen-bond acceptors (Lipinski definition) is 3. The van der Waals surface area contributed by atoms with Crippen LogP contribution in [0.2, 0.25) is 0 Å². The van der Waals surface area contributed by atoms with Gasteiger partial charge in [-0.2, -0.15) is 0 Å². The van der Waals surface area contributed by atoms with Crippen LogP contribution in [0.15, 0.2) is 22.7 Å². The lowest BCUT2D eigenvalue weighted by molar-refractivity contribution is -0.127. The van der Waals surface area contributed by atoms with Gasteiger partial charge in [-0.1, -0.05) is 6.07 Å². The summed E-state index contributed by atoms with van der Waals surface area (Å²) in [6.45, 7) is 1.67. The van der Waals surface area contributed by atoms with Gasteiger partial charge in [0.15, 0.2) is 12.4 Å². The number of carbonyl (C=O) groups excluding carboxylic acids is 2. The maximum absolute atomic E-state index is 11.8. The topological polar surface area (TPSA) is 55.4 Å². The lowest BCUT2D eigenvalue weighted by atomic mass is 10.2. The molecule has 0 saturated heterocycles. The molecule has 0 heterocycles. The minimum atomic E-state index is -0.622. The summed E-state index contributed by atoms with van der Waals surface area (Å²) in [6, 6.07) is 5.47. The fourth-order valence-electron chi connectivity index (χ4n) is 1.52. The molecule has 1 unspecified atom stereocenters. The summed E-state index contributed by atoms with van der Waals surface area (Å²) >= 11 is 3.31. The smallest absolute Gasteiger partial charge is 0.260 e. The number of para-hydroxylation sites is 1. The molecule has 0 bridgehead atoms. The van der Waals surface area contributed by atoms with Crippen LogP contribution in [0.3, 0.4) is 0 Å². The maximum atomic E-state index is 11.8. The van der Waals surface area contributed by atoms with E-state index >= 15 is 0 Å². The Labute approximate surface area is 114 Å². The Morgan fingerprint density at radius 1 is 1.56 bits per heavy atom. The van der Waals surface area contributed by atoms with Crippen LogP contribution in [0.4, 0.5) is 0 Å². The van der Waals surface area contributed by atoms with Gasteiger partial charge >= 0.3 is 0 Å². The van der Waals surface area contributed by atoms with Crippen molar-refractivity contribution in [3.63, 3.8) is 0 Å². The molecular weight excluding hydrogens is 298 g/mol. The summed E-state index contributed by atoms with van der Waals surface area (Å²) in [5.41, 5.74) is 0.426. The van der Waals surface area contributed by atoms with E-state index in [1.54, 1.807) is 25.1 Å². The van der Waals surface area contributed by atoms with E-state index in [9.17, 15) is 9.59 Å². The van der Waals surface area contributed by atoms with Gasteiger partial charge in [0, 0.05) is 6.04 Å². The van der Waals surface area contributed by atoms with Gasteiger partial charge in [0.05, 0.1) is 10.0 Å². The van der Waals surface area contributed by atoms with E-state index in [-0.39, 0.29) is 5.91 Å². The highest BCUT2D eigenvalue weighted by atomic mass is 79.9. The lowest BCUT2D eigenvalue weighted by Gasteiger charge is -2.16. The largest absolute Gasteiger partial charge is 0.479 e. The number of rotatable bonds is 5. The SMILES string of the molecule is CC(Oc1c(Br)cccc1C=O)C(=O)NC1CC1.